The van der Waals surface area contributed by atoms with Gasteiger partial charge in [-0.05, 0) is 103 Å². The van der Waals surface area contributed by atoms with Gasteiger partial charge in [0, 0.05) is 19.3 Å². The first-order valence-electron chi connectivity index (χ1n) is 25.9. The molecular weight excluding hydrogens is 793 g/mol. The number of unbranched alkanes of at least 4 members (excludes halogenated alkanes) is 16. The van der Waals surface area contributed by atoms with Crippen LogP contribution < -0.4 is 0 Å². The number of ether oxygens (including phenoxy) is 3. The summed E-state index contributed by atoms with van der Waals surface area (Å²) in [5.41, 5.74) is 0. The molecule has 362 valence electrons. The van der Waals surface area contributed by atoms with Crippen LogP contribution in [0.4, 0.5) is 0 Å². The van der Waals surface area contributed by atoms with Gasteiger partial charge in [0.05, 0.1) is 0 Å². The zero-order chi connectivity index (χ0) is 46.5. The van der Waals surface area contributed by atoms with E-state index in [1.807, 2.05) is 18.2 Å². The lowest BCUT2D eigenvalue weighted by molar-refractivity contribution is -0.166. The molecule has 64 heavy (non-hydrogen) atoms. The van der Waals surface area contributed by atoms with Gasteiger partial charge in [0.1, 0.15) is 13.2 Å². The van der Waals surface area contributed by atoms with Crippen LogP contribution in [-0.4, -0.2) is 37.2 Å². The van der Waals surface area contributed by atoms with Gasteiger partial charge in [-0.15, -0.1) is 0 Å². The summed E-state index contributed by atoms with van der Waals surface area (Å²) in [6.07, 6.45) is 69.6. The Hall–Kier alpha value is -3.93. The van der Waals surface area contributed by atoms with Crippen molar-refractivity contribution in [2.75, 3.05) is 13.2 Å². The third-order valence-corrected chi connectivity index (χ3v) is 10.5. The maximum absolute atomic E-state index is 12.8. The maximum Gasteiger partial charge on any atom is 0.306 e. The molecule has 0 rings (SSSR count). The fourth-order valence-electron chi connectivity index (χ4n) is 6.63. The molecule has 0 aliphatic heterocycles. The van der Waals surface area contributed by atoms with Crippen molar-refractivity contribution in [3.05, 3.63) is 109 Å². The van der Waals surface area contributed by atoms with Crippen molar-refractivity contribution in [3.63, 3.8) is 0 Å². The van der Waals surface area contributed by atoms with Gasteiger partial charge < -0.3 is 14.2 Å². The molecule has 6 heteroatoms. The van der Waals surface area contributed by atoms with Crippen LogP contribution in [0.2, 0.25) is 0 Å². The lowest BCUT2D eigenvalue weighted by atomic mass is 10.1. The minimum absolute atomic E-state index is 0.139. The first-order chi connectivity index (χ1) is 31.5. The lowest BCUT2D eigenvalue weighted by Gasteiger charge is -2.18. The van der Waals surface area contributed by atoms with Crippen LogP contribution in [0.5, 0.6) is 0 Å². The fraction of sp³-hybridized carbons (Fsp3) is 0.638. The van der Waals surface area contributed by atoms with Gasteiger partial charge in [0.15, 0.2) is 6.10 Å². The molecule has 1 atom stereocenters. The molecule has 1 unspecified atom stereocenters. The van der Waals surface area contributed by atoms with E-state index in [1.165, 1.54) is 83.5 Å². The van der Waals surface area contributed by atoms with E-state index in [9.17, 15) is 14.4 Å². The molecule has 0 aromatic carbocycles. The monoisotopic (exact) mass is 887 g/mol. The predicted molar refractivity (Wildman–Crippen MR) is 274 cm³/mol. The third kappa shape index (κ3) is 49.1. The molecular formula is C58H94O6. The largest absolute Gasteiger partial charge is 0.462 e. The van der Waals surface area contributed by atoms with Crippen molar-refractivity contribution in [1.29, 1.82) is 0 Å². The van der Waals surface area contributed by atoms with Crippen LogP contribution in [0.1, 0.15) is 220 Å². The molecule has 0 saturated heterocycles. The zero-order valence-corrected chi connectivity index (χ0v) is 41.3. The van der Waals surface area contributed by atoms with E-state index >= 15 is 0 Å². The molecule has 0 aromatic heterocycles. The van der Waals surface area contributed by atoms with Crippen molar-refractivity contribution in [2.45, 2.75) is 226 Å². The number of carbonyl (C=O) groups excluding carboxylic acids is 3. The summed E-state index contributed by atoms with van der Waals surface area (Å²) in [7, 11) is 0. The van der Waals surface area contributed by atoms with E-state index < -0.39 is 6.10 Å². The SMILES string of the molecule is CC/C=C/C/C=C/C/C=C/C/C=C/C/C=C/C/C=C/CCC(=O)OCC(COC(=O)CC/C=C/C/C=C/CCCCCCCC)OC(=O)CCCCC/C=C/CCCCCCCCC. The summed E-state index contributed by atoms with van der Waals surface area (Å²) in [6, 6.07) is 0. The second kappa shape index (κ2) is 51.7. The molecule has 0 saturated carbocycles. The molecule has 0 N–H and O–H groups in total. The minimum atomic E-state index is -0.840. The first-order valence-corrected chi connectivity index (χ1v) is 25.9. The van der Waals surface area contributed by atoms with Crippen molar-refractivity contribution in [1.82, 2.24) is 0 Å². The summed E-state index contributed by atoms with van der Waals surface area (Å²) in [4.78, 5) is 37.9. The van der Waals surface area contributed by atoms with Crippen molar-refractivity contribution < 1.29 is 28.6 Å². The molecule has 0 amide bonds. The highest BCUT2D eigenvalue weighted by molar-refractivity contribution is 5.71. The Bertz CT molecular complexity index is 1340. The predicted octanol–water partition coefficient (Wildman–Crippen LogP) is 17.1. The van der Waals surface area contributed by atoms with E-state index in [0.717, 1.165) is 83.5 Å². The maximum atomic E-state index is 12.8. The number of hydrogen-bond donors (Lipinski definition) is 0. The molecule has 0 heterocycles. The summed E-state index contributed by atoms with van der Waals surface area (Å²) >= 11 is 0. The summed E-state index contributed by atoms with van der Waals surface area (Å²) < 4.78 is 16.6. The summed E-state index contributed by atoms with van der Waals surface area (Å²) in [5, 5.41) is 0. The van der Waals surface area contributed by atoms with Gasteiger partial charge in [-0.25, -0.2) is 0 Å². The number of carbonyl (C=O) groups is 3. The molecule has 0 radical (unpaired) electrons. The molecule has 0 bridgehead atoms. The smallest absolute Gasteiger partial charge is 0.306 e. The molecule has 0 aliphatic rings. The van der Waals surface area contributed by atoms with E-state index in [1.54, 1.807) is 0 Å². The van der Waals surface area contributed by atoms with Crippen LogP contribution in [0.15, 0.2) is 109 Å². The van der Waals surface area contributed by atoms with Crippen LogP contribution in [0, 0.1) is 0 Å². The molecule has 0 spiro atoms. The summed E-state index contributed by atoms with van der Waals surface area (Å²) in [6.45, 7) is 6.36. The Morgan fingerprint density at radius 3 is 1.03 bits per heavy atom. The average Bonchev–Trinajstić information content (AvgIpc) is 3.29. The van der Waals surface area contributed by atoms with Gasteiger partial charge in [0.2, 0.25) is 0 Å². The second-order valence-electron chi connectivity index (χ2n) is 16.7. The first kappa shape index (κ1) is 60.1. The quantitative estimate of drug-likeness (QED) is 0.0262. The third-order valence-electron chi connectivity index (χ3n) is 10.5. The number of rotatable bonds is 45. The number of hydrogen-bond acceptors (Lipinski definition) is 6. The van der Waals surface area contributed by atoms with E-state index in [4.69, 9.17) is 14.2 Å². The van der Waals surface area contributed by atoms with Gasteiger partial charge in [-0.1, -0.05) is 207 Å². The minimum Gasteiger partial charge on any atom is -0.462 e. The summed E-state index contributed by atoms with van der Waals surface area (Å²) in [5.74, 6) is -1.11. The Labute approximate surface area is 393 Å². The molecule has 6 nitrogen and oxygen atoms in total. The lowest BCUT2D eigenvalue weighted by Crippen LogP contribution is -2.30. The van der Waals surface area contributed by atoms with Gasteiger partial charge in [-0.2, -0.15) is 0 Å². The standard InChI is InChI=1S/C58H94O6/c1-4-7-10-13-16-19-22-25-27-28-29-30-31-34-36-39-42-45-48-51-57(60)63-54-55(53-62-56(59)50-47-44-41-38-35-32-24-21-18-15-12-9-6-3)64-58(61)52-49-46-43-40-37-33-26-23-20-17-14-11-8-5-2/h7,10,16,19,25,27,29-30,32-37,41-42,44-45,55H,4-6,8-9,11-15,17-18,20-24,26,28,31,38-40,43,46-54H2,1-3H3/b10-7+,19-16+,27-25+,30-29+,35-32+,36-34+,37-33+,44-41+,45-42+. The normalized spacial score (nSPS) is 13.0. The highest BCUT2D eigenvalue weighted by atomic mass is 16.6. The molecule has 0 fully saturated rings. The van der Waals surface area contributed by atoms with Crippen LogP contribution >= 0.6 is 0 Å². The molecule has 0 aliphatic carbocycles. The number of allylic oxidation sites excluding steroid dienone is 18. The van der Waals surface area contributed by atoms with Gasteiger partial charge in [-0.3, -0.25) is 14.4 Å². The Kier molecular flexibility index (Phi) is 48.5. The fourth-order valence-corrected chi connectivity index (χ4v) is 6.63. The van der Waals surface area contributed by atoms with E-state index in [2.05, 4.69) is 112 Å². The average molecular weight is 887 g/mol. The Morgan fingerprint density at radius 1 is 0.328 bits per heavy atom. The van der Waals surface area contributed by atoms with Crippen molar-refractivity contribution >= 4 is 17.9 Å². The van der Waals surface area contributed by atoms with Crippen LogP contribution in [-0.2, 0) is 28.6 Å². The Morgan fingerprint density at radius 2 is 0.641 bits per heavy atom. The van der Waals surface area contributed by atoms with E-state index in [-0.39, 0.29) is 50.4 Å². The van der Waals surface area contributed by atoms with Crippen LogP contribution in [0.25, 0.3) is 0 Å². The second-order valence-corrected chi connectivity index (χ2v) is 16.7. The van der Waals surface area contributed by atoms with E-state index in [0.29, 0.717) is 12.8 Å². The van der Waals surface area contributed by atoms with Gasteiger partial charge in [0.25, 0.3) is 0 Å². The van der Waals surface area contributed by atoms with Gasteiger partial charge >= 0.3 is 17.9 Å². The van der Waals surface area contributed by atoms with Crippen LogP contribution in [0.3, 0.4) is 0 Å². The Balaban J connectivity index is 4.59. The van der Waals surface area contributed by atoms with Crippen molar-refractivity contribution in [2.24, 2.45) is 0 Å². The van der Waals surface area contributed by atoms with Crippen molar-refractivity contribution in [3.8, 4) is 0 Å². The highest BCUT2D eigenvalue weighted by Gasteiger charge is 2.19. The highest BCUT2D eigenvalue weighted by Crippen LogP contribution is 2.12. The topological polar surface area (TPSA) is 78.9 Å². The zero-order valence-electron chi connectivity index (χ0n) is 41.3. The number of esters is 3. The molecule has 0 aromatic rings.